The summed E-state index contributed by atoms with van der Waals surface area (Å²) in [6.07, 6.45) is 0. The minimum Gasteiger partial charge on any atom is -0.489 e. The molecule has 0 saturated heterocycles. The van der Waals surface area contributed by atoms with Gasteiger partial charge in [0.25, 0.3) is 0 Å². The van der Waals surface area contributed by atoms with Crippen molar-refractivity contribution in [1.29, 1.82) is 0 Å². The Morgan fingerprint density at radius 2 is 1.55 bits per heavy atom. The molecule has 0 unspecified atom stereocenters. The maximum absolute atomic E-state index is 11.4. The molecule has 0 N–H and O–H groups in total. The van der Waals surface area contributed by atoms with Crippen molar-refractivity contribution in [3.8, 4) is 5.75 Å². The Morgan fingerprint density at radius 3 is 2.32 bits per heavy atom. The highest BCUT2D eigenvalue weighted by atomic mass is 35.5. The molecule has 0 aliphatic heterocycles. The van der Waals surface area contributed by atoms with Crippen LogP contribution in [-0.2, 0) is 19.7 Å². The number of hydrogen-bond donors (Lipinski definition) is 0. The maximum atomic E-state index is 11.4. The molecule has 1 aromatic heterocycles. The van der Waals surface area contributed by atoms with Gasteiger partial charge in [0.05, 0.1) is 0 Å². The molecule has 4 aromatic rings. The molecule has 0 saturated carbocycles. The first-order chi connectivity index (χ1) is 14.5. The van der Waals surface area contributed by atoms with Crippen LogP contribution in [0.1, 0.15) is 16.7 Å². The third-order valence-electron chi connectivity index (χ3n) is 4.79. The van der Waals surface area contributed by atoms with Gasteiger partial charge in [-0.25, -0.2) is 4.79 Å². The molecule has 0 aliphatic rings. The highest BCUT2D eigenvalue weighted by molar-refractivity contribution is 6.30. The van der Waals surface area contributed by atoms with E-state index in [0.717, 1.165) is 29.1 Å². The Bertz CT molecular complexity index is 1220. The van der Waals surface area contributed by atoms with Gasteiger partial charge in [-0.2, -0.15) is 0 Å². The molecule has 31 heavy (non-hydrogen) atoms. The molecule has 0 bridgehead atoms. The second-order valence-corrected chi connectivity index (χ2v) is 7.80. The van der Waals surface area contributed by atoms with Crippen molar-refractivity contribution in [1.82, 2.24) is 4.90 Å². The number of ether oxygens (including phenoxy) is 1. The summed E-state index contributed by atoms with van der Waals surface area (Å²) in [6, 6.07) is 25.0. The molecule has 0 radical (unpaired) electrons. The van der Waals surface area contributed by atoms with Crippen LogP contribution in [0.15, 0.2) is 88.1 Å². The fourth-order valence-electron chi connectivity index (χ4n) is 3.43. The first-order valence-electron chi connectivity index (χ1n) is 9.73. The number of fused-ring (bicyclic) bond motifs is 1. The van der Waals surface area contributed by atoms with E-state index >= 15 is 0 Å². The average Bonchev–Trinajstić information content (AvgIpc) is 2.72. The quantitative estimate of drug-likeness (QED) is 0.316. The van der Waals surface area contributed by atoms with E-state index in [4.69, 9.17) is 20.8 Å². The Morgan fingerprint density at radius 1 is 0.871 bits per heavy atom. The van der Waals surface area contributed by atoms with Gasteiger partial charge in [0.1, 0.15) is 17.9 Å². The van der Waals surface area contributed by atoms with E-state index < -0.39 is 0 Å². The Labute approximate surface area is 192 Å². The van der Waals surface area contributed by atoms with Gasteiger partial charge < -0.3 is 9.15 Å². The third kappa shape index (κ3) is 6.34. The van der Waals surface area contributed by atoms with Crippen LogP contribution in [0.3, 0.4) is 0 Å². The SMILES string of the molecule is CN(Cc1cccc(Cl)c1)Cc1cccc(COc2ccc3ccc(=O)oc3c2)c1.Cl. The van der Waals surface area contributed by atoms with Gasteiger partial charge in [-0.15, -0.1) is 12.4 Å². The van der Waals surface area contributed by atoms with Crippen molar-refractivity contribution in [2.75, 3.05) is 7.05 Å². The lowest BCUT2D eigenvalue weighted by Crippen LogP contribution is -2.17. The van der Waals surface area contributed by atoms with Crippen molar-refractivity contribution in [2.24, 2.45) is 0 Å². The summed E-state index contributed by atoms with van der Waals surface area (Å²) in [5.41, 5.74) is 3.64. The summed E-state index contributed by atoms with van der Waals surface area (Å²) in [6.45, 7) is 2.08. The van der Waals surface area contributed by atoms with Gasteiger partial charge >= 0.3 is 5.63 Å². The summed E-state index contributed by atoms with van der Waals surface area (Å²) in [5, 5.41) is 1.62. The zero-order valence-electron chi connectivity index (χ0n) is 17.1. The molecule has 0 amide bonds. The maximum Gasteiger partial charge on any atom is 0.336 e. The van der Waals surface area contributed by atoms with Crippen LogP contribution in [0.4, 0.5) is 0 Å². The van der Waals surface area contributed by atoms with Gasteiger partial charge in [0, 0.05) is 35.6 Å². The van der Waals surface area contributed by atoms with Crippen molar-refractivity contribution in [3.05, 3.63) is 111 Å². The van der Waals surface area contributed by atoms with Crippen LogP contribution in [0.2, 0.25) is 5.02 Å². The molecule has 0 fully saturated rings. The third-order valence-corrected chi connectivity index (χ3v) is 5.02. The van der Waals surface area contributed by atoms with Crippen molar-refractivity contribution >= 4 is 35.0 Å². The summed E-state index contributed by atoms with van der Waals surface area (Å²) in [7, 11) is 2.09. The van der Waals surface area contributed by atoms with Crippen LogP contribution in [0.25, 0.3) is 11.0 Å². The minimum atomic E-state index is -0.366. The number of nitrogens with zero attached hydrogens (tertiary/aromatic N) is 1. The lowest BCUT2D eigenvalue weighted by Gasteiger charge is -2.17. The summed E-state index contributed by atoms with van der Waals surface area (Å²) < 4.78 is 11.1. The standard InChI is InChI=1S/C25H22ClNO3.ClH/c1-27(16-19-5-3-7-22(26)13-19)15-18-4-2-6-20(12-18)17-29-23-10-8-21-9-11-25(28)30-24(21)14-23;/h2-14H,15-17H2,1H3;1H. The summed E-state index contributed by atoms with van der Waals surface area (Å²) >= 11 is 6.08. The minimum absolute atomic E-state index is 0. The Kier molecular flexibility index (Phi) is 7.75. The Hall–Kier alpha value is -2.79. The topological polar surface area (TPSA) is 42.7 Å². The first kappa shape index (κ1) is 22.9. The van der Waals surface area contributed by atoms with Gasteiger partial charge in [0.15, 0.2) is 0 Å². The predicted octanol–water partition coefficient (Wildman–Crippen LogP) is 6.08. The largest absolute Gasteiger partial charge is 0.489 e. The summed E-state index contributed by atoms with van der Waals surface area (Å²) in [4.78, 5) is 13.7. The van der Waals surface area contributed by atoms with Gasteiger partial charge in [0.2, 0.25) is 0 Å². The van der Waals surface area contributed by atoms with Gasteiger partial charge in [-0.3, -0.25) is 4.90 Å². The van der Waals surface area contributed by atoms with Gasteiger partial charge in [-0.05, 0) is 54.1 Å². The van der Waals surface area contributed by atoms with Crippen LogP contribution in [-0.4, -0.2) is 11.9 Å². The second-order valence-electron chi connectivity index (χ2n) is 7.36. The summed E-state index contributed by atoms with van der Waals surface area (Å²) in [5.74, 6) is 0.667. The highest BCUT2D eigenvalue weighted by Gasteiger charge is 2.05. The van der Waals surface area contributed by atoms with Crippen LogP contribution in [0.5, 0.6) is 5.75 Å². The van der Waals surface area contributed by atoms with E-state index in [1.807, 2.05) is 42.5 Å². The number of halogens is 2. The number of hydrogen-bond acceptors (Lipinski definition) is 4. The molecule has 0 spiro atoms. The first-order valence-corrected chi connectivity index (χ1v) is 10.1. The van der Waals surface area contributed by atoms with Crippen molar-refractivity contribution < 1.29 is 9.15 Å². The number of benzene rings is 3. The molecule has 4 rings (SSSR count). The van der Waals surface area contributed by atoms with E-state index in [1.165, 1.54) is 17.2 Å². The predicted molar refractivity (Wildman–Crippen MR) is 127 cm³/mol. The van der Waals surface area contributed by atoms with Gasteiger partial charge in [-0.1, -0.05) is 48.0 Å². The van der Waals surface area contributed by atoms with Crippen LogP contribution in [0, 0.1) is 0 Å². The molecule has 160 valence electrons. The zero-order chi connectivity index (χ0) is 20.9. The normalized spacial score (nSPS) is 10.8. The highest BCUT2D eigenvalue weighted by Crippen LogP contribution is 2.21. The van der Waals surface area contributed by atoms with Crippen molar-refractivity contribution in [3.63, 3.8) is 0 Å². The Balaban J connectivity index is 0.00000272. The van der Waals surface area contributed by atoms with Crippen LogP contribution >= 0.6 is 24.0 Å². The van der Waals surface area contributed by atoms with E-state index in [9.17, 15) is 4.79 Å². The zero-order valence-corrected chi connectivity index (χ0v) is 18.7. The molecule has 1 heterocycles. The molecule has 0 aliphatic carbocycles. The monoisotopic (exact) mass is 455 g/mol. The second kappa shape index (κ2) is 10.5. The molecular formula is C25H23Cl2NO3. The molecule has 6 heteroatoms. The van der Waals surface area contributed by atoms with Crippen LogP contribution < -0.4 is 10.4 Å². The average molecular weight is 456 g/mol. The van der Waals surface area contributed by atoms with E-state index in [2.05, 4.69) is 30.1 Å². The molecule has 3 aromatic carbocycles. The fourth-order valence-corrected chi connectivity index (χ4v) is 3.64. The fraction of sp³-hybridized carbons (Fsp3) is 0.160. The molecule has 0 atom stereocenters. The number of rotatable bonds is 7. The van der Waals surface area contributed by atoms with E-state index in [0.29, 0.717) is 17.9 Å². The lowest BCUT2D eigenvalue weighted by molar-refractivity contribution is 0.304. The smallest absolute Gasteiger partial charge is 0.336 e. The molecule has 4 nitrogen and oxygen atoms in total. The van der Waals surface area contributed by atoms with E-state index in [-0.39, 0.29) is 18.0 Å². The van der Waals surface area contributed by atoms with Crippen molar-refractivity contribution in [2.45, 2.75) is 19.7 Å². The lowest BCUT2D eigenvalue weighted by atomic mass is 10.1. The molecular weight excluding hydrogens is 433 g/mol. The van der Waals surface area contributed by atoms with E-state index in [1.54, 1.807) is 12.1 Å².